The summed E-state index contributed by atoms with van der Waals surface area (Å²) in [5.74, 6) is -0.837. The lowest BCUT2D eigenvalue weighted by Gasteiger charge is -2.21. The molecule has 19 heavy (non-hydrogen) atoms. The van der Waals surface area contributed by atoms with E-state index in [9.17, 15) is 9.59 Å². The maximum Gasteiger partial charge on any atom is 0.356 e. The number of rotatable bonds is 5. The molecule has 0 saturated heterocycles. The lowest BCUT2D eigenvalue weighted by Crippen LogP contribution is -2.35. The predicted octanol–water partition coefficient (Wildman–Crippen LogP) is 1.48. The van der Waals surface area contributed by atoms with E-state index in [1.165, 1.54) is 26.5 Å². The quantitative estimate of drug-likeness (QED) is 0.813. The number of hydrogen-bond acceptors (Lipinski definition) is 6. The fourth-order valence-corrected chi connectivity index (χ4v) is 1.54. The van der Waals surface area contributed by atoms with Crippen LogP contribution in [0.1, 0.15) is 24.3 Å². The highest BCUT2D eigenvalue weighted by Gasteiger charge is 2.23. The van der Waals surface area contributed by atoms with Crippen molar-refractivity contribution >= 4 is 17.6 Å². The third-order valence-corrected chi connectivity index (χ3v) is 2.60. The van der Waals surface area contributed by atoms with Gasteiger partial charge in [-0.25, -0.2) is 14.6 Å². The van der Waals surface area contributed by atoms with Gasteiger partial charge in [0.1, 0.15) is 11.7 Å². The van der Waals surface area contributed by atoms with Gasteiger partial charge in [0.2, 0.25) is 0 Å². The molecule has 1 rings (SSSR count). The SMILES string of the molecule is COC(=O)c1cc(NC(C(=O)OC)C(C)C)ccn1. The van der Waals surface area contributed by atoms with E-state index in [2.05, 4.69) is 15.0 Å². The van der Waals surface area contributed by atoms with Crippen LogP contribution in [0.4, 0.5) is 5.69 Å². The van der Waals surface area contributed by atoms with Crippen molar-refractivity contribution in [3.63, 3.8) is 0 Å². The van der Waals surface area contributed by atoms with Gasteiger partial charge in [-0.2, -0.15) is 0 Å². The molecule has 0 radical (unpaired) electrons. The van der Waals surface area contributed by atoms with Crippen LogP contribution in [-0.4, -0.2) is 37.2 Å². The van der Waals surface area contributed by atoms with Crippen molar-refractivity contribution in [1.29, 1.82) is 0 Å². The summed E-state index contributed by atoms with van der Waals surface area (Å²) in [6, 6.07) is 2.72. The third-order valence-electron chi connectivity index (χ3n) is 2.60. The van der Waals surface area contributed by atoms with Gasteiger partial charge < -0.3 is 14.8 Å². The van der Waals surface area contributed by atoms with Gasteiger partial charge >= 0.3 is 11.9 Å². The molecule has 104 valence electrons. The molecule has 1 unspecified atom stereocenters. The smallest absolute Gasteiger partial charge is 0.356 e. The molecule has 0 aromatic carbocycles. The highest BCUT2D eigenvalue weighted by molar-refractivity contribution is 5.88. The van der Waals surface area contributed by atoms with Gasteiger partial charge in [0.15, 0.2) is 0 Å². The second kappa shape index (κ2) is 6.72. The van der Waals surface area contributed by atoms with E-state index in [0.717, 1.165) is 0 Å². The van der Waals surface area contributed by atoms with Crippen LogP contribution in [-0.2, 0) is 14.3 Å². The Morgan fingerprint density at radius 2 is 1.95 bits per heavy atom. The number of carbonyl (C=O) groups is 2. The van der Waals surface area contributed by atoms with Crippen molar-refractivity contribution < 1.29 is 19.1 Å². The molecule has 1 heterocycles. The number of methoxy groups -OCH3 is 2. The van der Waals surface area contributed by atoms with Gasteiger partial charge in [-0.3, -0.25) is 0 Å². The van der Waals surface area contributed by atoms with Crippen molar-refractivity contribution in [2.45, 2.75) is 19.9 Å². The summed E-state index contributed by atoms with van der Waals surface area (Å²) in [5.41, 5.74) is 0.791. The maximum absolute atomic E-state index is 11.6. The number of esters is 2. The Kier molecular flexibility index (Phi) is 5.29. The number of carbonyl (C=O) groups excluding carboxylic acids is 2. The first-order valence-corrected chi connectivity index (χ1v) is 5.88. The Morgan fingerprint density at radius 3 is 2.47 bits per heavy atom. The first-order valence-electron chi connectivity index (χ1n) is 5.88. The fraction of sp³-hybridized carbons (Fsp3) is 0.462. The summed E-state index contributed by atoms with van der Waals surface area (Å²) in [4.78, 5) is 26.9. The minimum atomic E-state index is -0.525. The number of nitrogens with zero attached hydrogens (tertiary/aromatic N) is 1. The van der Waals surface area contributed by atoms with Crippen molar-refractivity contribution in [2.24, 2.45) is 5.92 Å². The minimum Gasteiger partial charge on any atom is -0.467 e. The summed E-state index contributed by atoms with van der Waals surface area (Å²) in [7, 11) is 2.63. The van der Waals surface area contributed by atoms with Crippen LogP contribution >= 0.6 is 0 Å². The molecule has 1 N–H and O–H groups in total. The Morgan fingerprint density at radius 1 is 1.26 bits per heavy atom. The van der Waals surface area contributed by atoms with Crippen LogP contribution in [0.25, 0.3) is 0 Å². The van der Waals surface area contributed by atoms with Crippen molar-refractivity contribution in [3.05, 3.63) is 24.0 Å². The van der Waals surface area contributed by atoms with Gasteiger partial charge in [-0.15, -0.1) is 0 Å². The molecule has 0 bridgehead atoms. The van der Waals surface area contributed by atoms with Crippen molar-refractivity contribution in [3.8, 4) is 0 Å². The molecule has 1 aromatic heterocycles. The number of aromatic nitrogens is 1. The normalized spacial score (nSPS) is 11.8. The number of anilines is 1. The summed E-state index contributed by atoms with van der Waals surface area (Å²) < 4.78 is 9.33. The molecule has 0 aliphatic carbocycles. The highest BCUT2D eigenvalue weighted by atomic mass is 16.5. The molecule has 6 heteroatoms. The van der Waals surface area contributed by atoms with Crippen LogP contribution < -0.4 is 5.32 Å². The largest absolute Gasteiger partial charge is 0.467 e. The molecule has 0 aliphatic heterocycles. The fourth-order valence-electron chi connectivity index (χ4n) is 1.54. The van der Waals surface area contributed by atoms with Crippen LogP contribution in [0.5, 0.6) is 0 Å². The Hall–Kier alpha value is -2.11. The Balaban J connectivity index is 2.91. The Bertz CT molecular complexity index is 460. The van der Waals surface area contributed by atoms with Crippen LogP contribution in [0.15, 0.2) is 18.3 Å². The predicted molar refractivity (Wildman–Crippen MR) is 69.8 cm³/mol. The average molecular weight is 266 g/mol. The average Bonchev–Trinajstić information content (AvgIpc) is 2.43. The molecule has 0 saturated carbocycles. The topological polar surface area (TPSA) is 77.5 Å². The third kappa shape index (κ3) is 3.94. The highest BCUT2D eigenvalue weighted by Crippen LogP contribution is 2.14. The second-order valence-corrected chi connectivity index (χ2v) is 4.31. The lowest BCUT2D eigenvalue weighted by molar-refractivity contribution is -0.142. The monoisotopic (exact) mass is 266 g/mol. The first-order chi connectivity index (χ1) is 8.99. The van der Waals surface area contributed by atoms with E-state index in [1.807, 2.05) is 13.8 Å². The molecular formula is C13H18N2O4. The van der Waals surface area contributed by atoms with Crippen molar-refractivity contribution in [2.75, 3.05) is 19.5 Å². The molecule has 6 nitrogen and oxygen atoms in total. The minimum absolute atomic E-state index is 0.0437. The van der Waals surface area contributed by atoms with Gasteiger partial charge in [-0.05, 0) is 18.1 Å². The number of hydrogen-bond donors (Lipinski definition) is 1. The zero-order valence-electron chi connectivity index (χ0n) is 11.5. The lowest BCUT2D eigenvalue weighted by atomic mass is 10.0. The molecule has 0 fully saturated rings. The van der Waals surface area contributed by atoms with E-state index < -0.39 is 12.0 Å². The maximum atomic E-state index is 11.6. The molecule has 1 aromatic rings. The molecule has 0 amide bonds. The molecule has 1 atom stereocenters. The molecule has 0 aliphatic rings. The standard InChI is InChI=1S/C13H18N2O4/c1-8(2)11(13(17)19-4)15-9-5-6-14-10(7-9)12(16)18-3/h5-8,11H,1-4H3,(H,14,15). The number of pyridine rings is 1. The van der Waals surface area contributed by atoms with Gasteiger partial charge in [0.25, 0.3) is 0 Å². The van der Waals surface area contributed by atoms with E-state index >= 15 is 0 Å². The summed E-state index contributed by atoms with van der Waals surface area (Å²) in [6.45, 7) is 3.80. The van der Waals surface area contributed by atoms with Crippen LogP contribution in [0, 0.1) is 5.92 Å². The zero-order chi connectivity index (χ0) is 14.4. The van der Waals surface area contributed by atoms with Gasteiger partial charge in [0.05, 0.1) is 14.2 Å². The molecular weight excluding hydrogens is 248 g/mol. The van der Waals surface area contributed by atoms with Gasteiger partial charge in [-0.1, -0.05) is 13.8 Å². The first kappa shape index (κ1) is 14.9. The van der Waals surface area contributed by atoms with E-state index in [4.69, 9.17) is 4.74 Å². The summed E-state index contributed by atoms with van der Waals surface area (Å²) in [6.07, 6.45) is 1.48. The summed E-state index contributed by atoms with van der Waals surface area (Å²) in [5, 5.41) is 3.03. The van der Waals surface area contributed by atoms with Crippen LogP contribution in [0.2, 0.25) is 0 Å². The number of nitrogens with one attached hydrogen (secondary N) is 1. The molecule has 0 spiro atoms. The zero-order valence-corrected chi connectivity index (χ0v) is 11.5. The van der Waals surface area contributed by atoms with Crippen molar-refractivity contribution in [1.82, 2.24) is 4.98 Å². The van der Waals surface area contributed by atoms with E-state index in [-0.39, 0.29) is 17.6 Å². The summed E-state index contributed by atoms with van der Waals surface area (Å²) >= 11 is 0. The van der Waals surface area contributed by atoms with E-state index in [1.54, 1.807) is 6.07 Å². The second-order valence-electron chi connectivity index (χ2n) is 4.31. The Labute approximate surface area is 112 Å². The van der Waals surface area contributed by atoms with E-state index in [0.29, 0.717) is 5.69 Å². The number of ether oxygens (including phenoxy) is 2. The van der Waals surface area contributed by atoms with Crippen LogP contribution in [0.3, 0.4) is 0 Å². The van der Waals surface area contributed by atoms with Gasteiger partial charge in [0, 0.05) is 11.9 Å².